The molecule has 4 rings (SSSR count). The summed E-state index contributed by atoms with van der Waals surface area (Å²) in [7, 11) is 0. The van der Waals surface area contributed by atoms with Gasteiger partial charge in [0.2, 0.25) is 0 Å². The van der Waals surface area contributed by atoms with Crippen molar-refractivity contribution in [3.63, 3.8) is 0 Å². The zero-order chi connectivity index (χ0) is 22.1. The number of hydrogen-bond donors (Lipinski definition) is 1. The van der Waals surface area contributed by atoms with Crippen LogP contribution >= 0.6 is 11.3 Å². The summed E-state index contributed by atoms with van der Waals surface area (Å²) in [6, 6.07) is 16.0. The fraction of sp³-hybridized carbons (Fsp3) is 0.0455. The van der Waals surface area contributed by atoms with Crippen LogP contribution in [0.1, 0.15) is 22.2 Å². The molecular weight excluding hydrogens is 418 g/mol. The number of aromatic carboxylic acids is 1. The molecule has 2 aromatic carbocycles. The first-order chi connectivity index (χ1) is 14.8. The van der Waals surface area contributed by atoms with E-state index in [-0.39, 0.29) is 17.2 Å². The molecular formula is C22H15N3O5S. The topological polar surface area (TPSA) is 113 Å². The Kier molecular flexibility index (Phi) is 5.18. The van der Waals surface area contributed by atoms with Crippen LogP contribution in [0.3, 0.4) is 0 Å². The molecule has 0 bridgehead atoms. The molecule has 3 aromatic rings. The van der Waals surface area contributed by atoms with Gasteiger partial charge in [0.1, 0.15) is 0 Å². The molecule has 1 amide bonds. The maximum atomic E-state index is 12.9. The van der Waals surface area contributed by atoms with Gasteiger partial charge >= 0.3 is 5.97 Å². The van der Waals surface area contributed by atoms with Crippen molar-refractivity contribution in [3.05, 3.63) is 86.8 Å². The van der Waals surface area contributed by atoms with E-state index >= 15 is 0 Å². The number of carboxylic acids is 1. The second kappa shape index (κ2) is 7.96. The molecule has 31 heavy (non-hydrogen) atoms. The Morgan fingerprint density at radius 3 is 2.58 bits per heavy atom. The second-order valence-electron chi connectivity index (χ2n) is 6.72. The average molecular weight is 433 g/mol. The molecule has 0 unspecified atom stereocenters. The summed E-state index contributed by atoms with van der Waals surface area (Å²) in [5, 5.41) is 25.6. The van der Waals surface area contributed by atoms with E-state index in [0.717, 1.165) is 15.3 Å². The Labute approximate surface area is 180 Å². The predicted octanol–water partition coefficient (Wildman–Crippen LogP) is 4.83. The van der Waals surface area contributed by atoms with Crippen molar-refractivity contribution in [1.82, 2.24) is 0 Å². The first kappa shape index (κ1) is 20.2. The summed E-state index contributed by atoms with van der Waals surface area (Å²) < 4.78 is 0. The molecule has 1 N–H and O–H groups in total. The van der Waals surface area contributed by atoms with Crippen LogP contribution in [0.4, 0.5) is 11.4 Å². The van der Waals surface area contributed by atoms with Gasteiger partial charge in [-0.25, -0.2) is 4.79 Å². The lowest BCUT2D eigenvalue weighted by Gasteiger charge is -2.11. The number of thiophene rings is 1. The zero-order valence-corrected chi connectivity index (χ0v) is 17.0. The summed E-state index contributed by atoms with van der Waals surface area (Å²) in [5.41, 5.74) is 2.31. The number of non-ortho nitro benzene ring substituents is 1. The predicted molar refractivity (Wildman–Crippen MR) is 118 cm³/mol. The molecule has 1 aliphatic rings. The third-order valence-electron chi connectivity index (χ3n) is 4.68. The molecule has 9 heteroatoms. The van der Waals surface area contributed by atoms with Crippen LogP contribution in [0.2, 0.25) is 0 Å². The number of benzene rings is 2. The lowest BCUT2D eigenvalue weighted by Crippen LogP contribution is -2.21. The first-order valence-electron chi connectivity index (χ1n) is 9.13. The summed E-state index contributed by atoms with van der Waals surface area (Å²) >= 11 is 1.41. The van der Waals surface area contributed by atoms with Gasteiger partial charge in [-0.15, -0.1) is 11.3 Å². The Hall–Kier alpha value is -4.11. The summed E-state index contributed by atoms with van der Waals surface area (Å²) in [5.74, 6) is -1.36. The van der Waals surface area contributed by atoms with Gasteiger partial charge in [0, 0.05) is 21.9 Å². The highest BCUT2D eigenvalue weighted by atomic mass is 32.1. The Bertz CT molecular complexity index is 1270. The highest BCUT2D eigenvalue weighted by Crippen LogP contribution is 2.33. The third-order valence-corrected chi connectivity index (χ3v) is 5.76. The van der Waals surface area contributed by atoms with E-state index in [1.807, 2.05) is 12.1 Å². The van der Waals surface area contributed by atoms with Crippen molar-refractivity contribution in [2.24, 2.45) is 5.10 Å². The van der Waals surface area contributed by atoms with E-state index in [1.165, 1.54) is 52.7 Å². The minimum absolute atomic E-state index is 0.0179. The van der Waals surface area contributed by atoms with Gasteiger partial charge in [-0.1, -0.05) is 12.1 Å². The van der Waals surface area contributed by atoms with E-state index in [0.29, 0.717) is 17.0 Å². The van der Waals surface area contributed by atoms with E-state index in [2.05, 4.69) is 5.10 Å². The largest absolute Gasteiger partial charge is 0.478 e. The van der Waals surface area contributed by atoms with E-state index in [4.69, 9.17) is 5.11 Å². The maximum absolute atomic E-state index is 12.9. The lowest BCUT2D eigenvalue weighted by molar-refractivity contribution is -0.384. The Balaban J connectivity index is 1.59. The van der Waals surface area contributed by atoms with Crippen molar-refractivity contribution in [2.45, 2.75) is 6.92 Å². The third kappa shape index (κ3) is 3.99. The summed E-state index contributed by atoms with van der Waals surface area (Å²) in [4.78, 5) is 36.1. The van der Waals surface area contributed by atoms with E-state index in [9.17, 15) is 19.7 Å². The van der Waals surface area contributed by atoms with Crippen LogP contribution in [0.15, 0.2) is 71.3 Å². The van der Waals surface area contributed by atoms with Crippen LogP contribution in [0.5, 0.6) is 0 Å². The van der Waals surface area contributed by atoms with E-state index < -0.39 is 10.9 Å². The van der Waals surface area contributed by atoms with Crippen molar-refractivity contribution < 1.29 is 19.6 Å². The van der Waals surface area contributed by atoms with Gasteiger partial charge in [-0.05, 0) is 55.0 Å². The molecule has 2 heterocycles. The van der Waals surface area contributed by atoms with Gasteiger partial charge < -0.3 is 5.11 Å². The first-order valence-corrected chi connectivity index (χ1v) is 9.95. The number of rotatable bonds is 5. The molecule has 0 atom stereocenters. The van der Waals surface area contributed by atoms with Crippen LogP contribution < -0.4 is 5.01 Å². The highest BCUT2D eigenvalue weighted by molar-refractivity contribution is 7.16. The van der Waals surface area contributed by atoms with Gasteiger partial charge in [0.15, 0.2) is 0 Å². The number of amides is 1. The van der Waals surface area contributed by atoms with Crippen LogP contribution in [-0.4, -0.2) is 27.6 Å². The standard InChI is InChI=1S/C22H15N3O5S/c1-13-19(21(26)24(23-13)16-7-5-14(6-8-16)22(27)28)12-18-9-10-20(31-18)15-3-2-4-17(11-15)25(29)30/h2-12H,1H3,(H,27,28)/b19-12-. The second-order valence-corrected chi connectivity index (χ2v) is 7.84. The quantitative estimate of drug-likeness (QED) is 0.352. The molecule has 0 saturated heterocycles. The molecule has 0 aliphatic carbocycles. The Morgan fingerprint density at radius 1 is 1.16 bits per heavy atom. The number of hydrogen-bond acceptors (Lipinski definition) is 6. The minimum Gasteiger partial charge on any atom is -0.478 e. The van der Waals surface area contributed by atoms with Crippen molar-refractivity contribution in [3.8, 4) is 10.4 Å². The monoisotopic (exact) mass is 433 g/mol. The van der Waals surface area contributed by atoms with Crippen LogP contribution in [-0.2, 0) is 4.79 Å². The molecule has 0 fully saturated rings. The number of nitro benzene ring substituents is 1. The molecule has 0 spiro atoms. The molecule has 0 radical (unpaired) electrons. The molecule has 8 nitrogen and oxygen atoms in total. The summed E-state index contributed by atoms with van der Waals surface area (Å²) in [6.45, 7) is 1.73. The summed E-state index contributed by atoms with van der Waals surface area (Å²) in [6.07, 6.45) is 1.73. The maximum Gasteiger partial charge on any atom is 0.335 e. The smallest absolute Gasteiger partial charge is 0.335 e. The molecule has 1 aliphatic heterocycles. The number of nitro groups is 1. The normalized spacial score (nSPS) is 14.7. The average Bonchev–Trinajstić information content (AvgIpc) is 3.34. The van der Waals surface area contributed by atoms with Crippen molar-refractivity contribution >= 4 is 46.4 Å². The SMILES string of the molecule is CC1=NN(c2ccc(C(=O)O)cc2)C(=O)/C1=C\c1ccc(-c2cccc([N+](=O)[O-])c2)s1. The van der Waals surface area contributed by atoms with Crippen molar-refractivity contribution in [1.29, 1.82) is 0 Å². The molecule has 1 aromatic heterocycles. The number of carbonyl (C=O) groups excluding carboxylic acids is 1. The van der Waals surface area contributed by atoms with Gasteiger partial charge in [-0.3, -0.25) is 14.9 Å². The van der Waals surface area contributed by atoms with Crippen molar-refractivity contribution in [2.75, 3.05) is 5.01 Å². The molecule has 154 valence electrons. The fourth-order valence-electron chi connectivity index (χ4n) is 3.11. The number of anilines is 1. The van der Waals surface area contributed by atoms with E-state index in [1.54, 1.807) is 25.1 Å². The number of hydrazone groups is 1. The lowest BCUT2D eigenvalue weighted by atomic mass is 10.1. The number of carboxylic acid groups (broad SMARTS) is 1. The highest BCUT2D eigenvalue weighted by Gasteiger charge is 2.29. The fourth-order valence-corrected chi connectivity index (χ4v) is 4.05. The van der Waals surface area contributed by atoms with Gasteiger partial charge in [-0.2, -0.15) is 10.1 Å². The molecule has 0 saturated carbocycles. The number of carbonyl (C=O) groups is 2. The zero-order valence-electron chi connectivity index (χ0n) is 16.2. The number of nitrogens with zero attached hydrogens (tertiary/aromatic N) is 3. The van der Waals surface area contributed by atoms with Gasteiger partial charge in [0.05, 0.1) is 27.5 Å². The van der Waals surface area contributed by atoms with Crippen LogP contribution in [0, 0.1) is 10.1 Å². The van der Waals surface area contributed by atoms with Crippen LogP contribution in [0.25, 0.3) is 16.5 Å². The Morgan fingerprint density at radius 2 is 1.90 bits per heavy atom. The minimum atomic E-state index is -1.04. The van der Waals surface area contributed by atoms with Gasteiger partial charge in [0.25, 0.3) is 11.6 Å².